The van der Waals surface area contributed by atoms with E-state index in [0.29, 0.717) is 15.2 Å². The van der Waals surface area contributed by atoms with Gasteiger partial charge in [0.1, 0.15) is 17.9 Å². The molecule has 1 N–H and O–H groups in total. The van der Waals surface area contributed by atoms with Crippen LogP contribution in [0.4, 0.5) is 0 Å². The Hall–Kier alpha value is -1.52. The van der Waals surface area contributed by atoms with Gasteiger partial charge in [0.2, 0.25) is 0 Å². The molecule has 0 amide bonds. The second-order valence-electron chi connectivity index (χ2n) is 3.80. The fraction of sp³-hybridized carbons (Fsp3) is 0.0714. The first-order valence-corrected chi connectivity index (χ1v) is 6.64. The molecule has 0 aliphatic heterocycles. The molecule has 98 valence electrons. The van der Waals surface area contributed by atoms with Gasteiger partial charge in [0, 0.05) is 15.1 Å². The summed E-state index contributed by atoms with van der Waals surface area (Å²) in [5.41, 5.74) is 0.912. The van der Waals surface area contributed by atoms with Crippen molar-refractivity contribution >= 4 is 33.5 Å². The number of carbonyl (C=O) groups is 1. The number of halogens is 2. The third-order valence-corrected chi connectivity index (χ3v) is 3.56. The van der Waals surface area contributed by atoms with Gasteiger partial charge in [0.05, 0.1) is 0 Å². The number of carboxylic acid groups (broad SMARTS) is 1. The third-order valence-electron chi connectivity index (χ3n) is 2.53. The molecule has 0 aromatic heterocycles. The maximum Gasteiger partial charge on any atom is 0.340 e. The van der Waals surface area contributed by atoms with Crippen molar-refractivity contribution in [1.29, 1.82) is 0 Å². The highest BCUT2D eigenvalue weighted by Crippen LogP contribution is 2.28. The molecule has 0 fully saturated rings. The summed E-state index contributed by atoms with van der Waals surface area (Å²) in [5.74, 6) is -0.733. The Morgan fingerprint density at radius 2 is 1.95 bits per heavy atom. The van der Waals surface area contributed by atoms with Crippen molar-refractivity contribution in [2.24, 2.45) is 0 Å². The molecule has 0 aliphatic rings. The van der Waals surface area contributed by atoms with Gasteiger partial charge in [-0.15, -0.1) is 0 Å². The topological polar surface area (TPSA) is 46.5 Å². The molecule has 0 radical (unpaired) electrons. The summed E-state index contributed by atoms with van der Waals surface area (Å²) in [7, 11) is 0. The van der Waals surface area contributed by atoms with E-state index in [2.05, 4.69) is 15.9 Å². The van der Waals surface area contributed by atoms with Crippen LogP contribution in [0.5, 0.6) is 5.75 Å². The molecule has 0 saturated carbocycles. The maximum atomic E-state index is 11.2. The van der Waals surface area contributed by atoms with E-state index in [1.807, 2.05) is 18.2 Å². The zero-order valence-electron chi connectivity index (χ0n) is 9.77. The number of hydrogen-bond acceptors (Lipinski definition) is 2. The molecule has 0 aliphatic carbocycles. The van der Waals surface area contributed by atoms with Gasteiger partial charge in [0.25, 0.3) is 0 Å². The number of benzene rings is 2. The minimum absolute atomic E-state index is 0.106. The lowest BCUT2D eigenvalue weighted by Crippen LogP contribution is -2.04. The first-order chi connectivity index (χ1) is 9.09. The van der Waals surface area contributed by atoms with Gasteiger partial charge in [0.15, 0.2) is 0 Å². The van der Waals surface area contributed by atoms with E-state index in [-0.39, 0.29) is 12.2 Å². The minimum atomic E-state index is -1.04. The van der Waals surface area contributed by atoms with Gasteiger partial charge >= 0.3 is 5.97 Å². The van der Waals surface area contributed by atoms with E-state index in [0.717, 1.165) is 5.56 Å². The molecule has 3 nitrogen and oxygen atoms in total. The number of carboxylic acids is 1. The summed E-state index contributed by atoms with van der Waals surface area (Å²) in [4.78, 5) is 11.2. The first-order valence-electron chi connectivity index (χ1n) is 5.47. The van der Waals surface area contributed by atoms with Gasteiger partial charge < -0.3 is 9.84 Å². The zero-order chi connectivity index (χ0) is 13.8. The van der Waals surface area contributed by atoms with E-state index in [9.17, 15) is 4.79 Å². The van der Waals surface area contributed by atoms with Crippen LogP contribution in [-0.4, -0.2) is 11.1 Å². The third kappa shape index (κ3) is 3.28. The molecular weight excluding hydrogens is 332 g/mol. The Labute approximate surface area is 123 Å². The number of ether oxygens (including phenoxy) is 1. The molecule has 5 heteroatoms. The predicted molar refractivity (Wildman–Crippen MR) is 76.9 cm³/mol. The Kier molecular flexibility index (Phi) is 4.45. The van der Waals surface area contributed by atoms with Crippen molar-refractivity contribution in [1.82, 2.24) is 0 Å². The van der Waals surface area contributed by atoms with E-state index in [1.54, 1.807) is 24.3 Å². The normalized spacial score (nSPS) is 10.2. The van der Waals surface area contributed by atoms with Crippen molar-refractivity contribution in [3.63, 3.8) is 0 Å². The van der Waals surface area contributed by atoms with Crippen LogP contribution in [0.15, 0.2) is 46.9 Å². The highest BCUT2D eigenvalue weighted by Gasteiger charge is 2.15. The fourth-order valence-corrected chi connectivity index (χ4v) is 2.31. The zero-order valence-corrected chi connectivity index (χ0v) is 12.1. The van der Waals surface area contributed by atoms with Crippen LogP contribution < -0.4 is 4.74 Å². The molecule has 0 unspecified atom stereocenters. The number of hydrogen-bond donors (Lipinski definition) is 1. The van der Waals surface area contributed by atoms with Crippen molar-refractivity contribution in [3.8, 4) is 5.75 Å². The van der Waals surface area contributed by atoms with Crippen LogP contribution in [0.25, 0.3) is 0 Å². The van der Waals surface area contributed by atoms with E-state index in [4.69, 9.17) is 21.4 Å². The molecule has 2 aromatic carbocycles. The van der Waals surface area contributed by atoms with Crippen molar-refractivity contribution < 1.29 is 14.6 Å². The number of aromatic carboxylic acids is 1. The highest BCUT2D eigenvalue weighted by molar-refractivity contribution is 9.10. The second kappa shape index (κ2) is 6.08. The summed E-state index contributed by atoms with van der Waals surface area (Å²) >= 11 is 9.22. The van der Waals surface area contributed by atoms with Crippen molar-refractivity contribution in [2.45, 2.75) is 6.61 Å². The van der Waals surface area contributed by atoms with Crippen LogP contribution in [0.3, 0.4) is 0 Å². The Morgan fingerprint density at radius 3 is 2.63 bits per heavy atom. The SMILES string of the molecule is O=C(O)c1c(Br)cccc1OCc1ccccc1Cl. The van der Waals surface area contributed by atoms with Gasteiger partial charge in [-0.2, -0.15) is 0 Å². The molecular formula is C14H10BrClO3. The lowest BCUT2D eigenvalue weighted by molar-refractivity contribution is 0.0690. The standard InChI is InChI=1S/C14H10BrClO3/c15-10-5-3-7-12(13(10)14(17)18)19-8-9-4-1-2-6-11(9)16/h1-7H,8H2,(H,17,18). The number of rotatable bonds is 4. The summed E-state index contributed by atoms with van der Waals surface area (Å²) < 4.78 is 6.03. The monoisotopic (exact) mass is 340 g/mol. The summed E-state index contributed by atoms with van der Waals surface area (Å²) in [5, 5.41) is 9.75. The van der Waals surface area contributed by atoms with E-state index >= 15 is 0 Å². The average molecular weight is 342 g/mol. The first kappa shape index (κ1) is 13.9. The quantitative estimate of drug-likeness (QED) is 0.897. The van der Waals surface area contributed by atoms with Gasteiger partial charge in [-0.1, -0.05) is 35.9 Å². The van der Waals surface area contributed by atoms with Crippen molar-refractivity contribution in [3.05, 3.63) is 63.1 Å². The predicted octanol–water partition coefficient (Wildman–Crippen LogP) is 4.38. The van der Waals surface area contributed by atoms with Gasteiger partial charge in [-0.05, 0) is 34.1 Å². The molecule has 2 rings (SSSR count). The summed E-state index contributed by atoms with van der Waals surface area (Å²) in [6.45, 7) is 0.219. The smallest absolute Gasteiger partial charge is 0.340 e. The highest BCUT2D eigenvalue weighted by atomic mass is 79.9. The Balaban J connectivity index is 2.23. The van der Waals surface area contributed by atoms with Gasteiger partial charge in [-0.25, -0.2) is 4.79 Å². The maximum absolute atomic E-state index is 11.2. The molecule has 2 aromatic rings. The average Bonchev–Trinajstić information content (AvgIpc) is 2.37. The van der Waals surface area contributed by atoms with Crippen LogP contribution in [-0.2, 0) is 6.61 Å². The molecule has 0 bridgehead atoms. The van der Waals surface area contributed by atoms with Crippen LogP contribution in [0, 0.1) is 0 Å². The summed E-state index contributed by atoms with van der Waals surface area (Å²) in [6.07, 6.45) is 0. The lowest BCUT2D eigenvalue weighted by atomic mass is 10.2. The van der Waals surface area contributed by atoms with E-state index in [1.165, 1.54) is 0 Å². The second-order valence-corrected chi connectivity index (χ2v) is 5.06. The Bertz CT molecular complexity index is 613. The molecule has 0 spiro atoms. The largest absolute Gasteiger partial charge is 0.488 e. The van der Waals surface area contributed by atoms with Crippen LogP contribution in [0.2, 0.25) is 5.02 Å². The molecule has 0 heterocycles. The molecule has 0 saturated heterocycles. The Morgan fingerprint density at radius 1 is 1.21 bits per heavy atom. The fourth-order valence-electron chi connectivity index (χ4n) is 1.60. The van der Waals surface area contributed by atoms with Crippen molar-refractivity contribution in [2.75, 3.05) is 0 Å². The molecule has 19 heavy (non-hydrogen) atoms. The summed E-state index contributed by atoms with van der Waals surface area (Å²) in [6, 6.07) is 12.3. The van der Waals surface area contributed by atoms with Gasteiger partial charge in [-0.3, -0.25) is 0 Å². The molecule has 0 atom stereocenters. The van der Waals surface area contributed by atoms with Crippen LogP contribution >= 0.6 is 27.5 Å². The minimum Gasteiger partial charge on any atom is -0.488 e. The van der Waals surface area contributed by atoms with E-state index < -0.39 is 5.97 Å². The lowest BCUT2D eigenvalue weighted by Gasteiger charge is -2.11. The van der Waals surface area contributed by atoms with Crippen LogP contribution in [0.1, 0.15) is 15.9 Å².